The van der Waals surface area contributed by atoms with Gasteiger partial charge in [-0.2, -0.15) is 0 Å². The van der Waals surface area contributed by atoms with Gasteiger partial charge in [0.25, 0.3) is 0 Å². The molecule has 0 saturated heterocycles. The fraction of sp³-hybridized carbons (Fsp3) is 0.250. The van der Waals surface area contributed by atoms with Gasteiger partial charge in [0, 0.05) is 10.7 Å². The summed E-state index contributed by atoms with van der Waals surface area (Å²) in [4.78, 5) is 0. The molecule has 18 heavy (non-hydrogen) atoms. The van der Waals surface area contributed by atoms with Crippen molar-refractivity contribution in [3.8, 4) is 11.1 Å². The third kappa shape index (κ3) is 2.55. The van der Waals surface area contributed by atoms with Gasteiger partial charge in [-0.3, -0.25) is 0 Å². The van der Waals surface area contributed by atoms with Crippen LogP contribution in [0.25, 0.3) is 11.1 Å². The van der Waals surface area contributed by atoms with Crippen LogP contribution in [0.15, 0.2) is 36.4 Å². The molecule has 0 unspecified atom stereocenters. The summed E-state index contributed by atoms with van der Waals surface area (Å²) in [6, 6.07) is 13.1. The molecule has 0 spiro atoms. The second-order valence-corrected chi connectivity index (χ2v) is 5.57. The van der Waals surface area contributed by atoms with E-state index in [9.17, 15) is 0 Å². The van der Waals surface area contributed by atoms with E-state index in [1.807, 2.05) is 0 Å². The summed E-state index contributed by atoms with van der Waals surface area (Å²) < 4.78 is 0. The molecule has 2 aromatic carbocycles. The molecule has 2 aromatic rings. The maximum absolute atomic E-state index is 3.55. The molecule has 0 aliphatic heterocycles. The molecule has 0 atom stereocenters. The summed E-state index contributed by atoms with van der Waals surface area (Å²) in [6.07, 6.45) is 0. The van der Waals surface area contributed by atoms with Crippen LogP contribution in [0.3, 0.4) is 0 Å². The summed E-state index contributed by atoms with van der Waals surface area (Å²) in [5.41, 5.74) is 8.13. The van der Waals surface area contributed by atoms with Crippen molar-refractivity contribution in [3.05, 3.63) is 58.7 Å². The summed E-state index contributed by atoms with van der Waals surface area (Å²) in [7, 11) is 0. The Labute approximate surface area is 126 Å². The van der Waals surface area contributed by atoms with Crippen LogP contribution < -0.4 is 0 Å². The average Bonchev–Trinajstić information content (AvgIpc) is 2.40. The van der Waals surface area contributed by atoms with Crippen molar-refractivity contribution < 1.29 is 0 Å². The van der Waals surface area contributed by atoms with Crippen LogP contribution >= 0.6 is 31.9 Å². The van der Waals surface area contributed by atoms with Crippen LogP contribution in [0, 0.1) is 13.8 Å². The fourth-order valence-corrected chi connectivity index (χ4v) is 3.45. The van der Waals surface area contributed by atoms with Crippen LogP contribution in [0.1, 0.15) is 22.3 Å². The summed E-state index contributed by atoms with van der Waals surface area (Å²) in [6.45, 7) is 4.40. The zero-order valence-corrected chi connectivity index (χ0v) is 13.8. The SMILES string of the molecule is Cc1c(CBr)cccc1-c1cccc(CBr)c1C. The van der Waals surface area contributed by atoms with Crippen molar-refractivity contribution in [2.24, 2.45) is 0 Å². The molecule has 0 bridgehead atoms. The van der Waals surface area contributed by atoms with Crippen LogP contribution in [-0.2, 0) is 10.7 Å². The third-order valence-electron chi connectivity index (χ3n) is 3.47. The first-order chi connectivity index (χ1) is 8.69. The lowest BCUT2D eigenvalue weighted by atomic mass is 9.92. The quantitative estimate of drug-likeness (QED) is 0.605. The number of benzene rings is 2. The minimum Gasteiger partial charge on any atom is -0.0876 e. The van der Waals surface area contributed by atoms with Gasteiger partial charge in [-0.25, -0.2) is 0 Å². The molecular formula is C16H16Br2. The van der Waals surface area contributed by atoms with Crippen LogP contribution in [-0.4, -0.2) is 0 Å². The average molecular weight is 368 g/mol. The molecule has 0 N–H and O–H groups in total. The molecule has 0 radical (unpaired) electrons. The van der Waals surface area contributed by atoms with Crippen molar-refractivity contribution in [1.82, 2.24) is 0 Å². The lowest BCUT2D eigenvalue weighted by Gasteiger charge is -2.14. The number of hydrogen-bond donors (Lipinski definition) is 0. The Bertz CT molecular complexity index is 508. The first-order valence-electron chi connectivity index (χ1n) is 5.98. The van der Waals surface area contributed by atoms with E-state index in [2.05, 4.69) is 82.1 Å². The lowest BCUT2D eigenvalue weighted by molar-refractivity contribution is 1.28. The number of hydrogen-bond acceptors (Lipinski definition) is 0. The molecule has 0 saturated carbocycles. The van der Waals surface area contributed by atoms with E-state index in [1.165, 1.54) is 33.4 Å². The molecule has 0 aliphatic carbocycles. The molecule has 0 fully saturated rings. The Hall–Kier alpha value is -0.600. The molecule has 2 heteroatoms. The Kier molecular flexibility index (Phi) is 4.63. The number of rotatable bonds is 3. The smallest absolute Gasteiger partial charge is 0.0285 e. The largest absolute Gasteiger partial charge is 0.0876 e. The highest BCUT2D eigenvalue weighted by Crippen LogP contribution is 2.31. The summed E-state index contributed by atoms with van der Waals surface area (Å²) in [5.74, 6) is 0. The van der Waals surface area contributed by atoms with E-state index in [0.717, 1.165) is 10.7 Å². The Morgan fingerprint density at radius 3 is 1.44 bits per heavy atom. The molecule has 0 aromatic heterocycles. The topological polar surface area (TPSA) is 0 Å². The van der Waals surface area contributed by atoms with Crippen molar-refractivity contribution in [1.29, 1.82) is 0 Å². The number of alkyl halides is 2. The van der Waals surface area contributed by atoms with E-state index >= 15 is 0 Å². The van der Waals surface area contributed by atoms with Crippen molar-refractivity contribution in [3.63, 3.8) is 0 Å². The first-order valence-corrected chi connectivity index (χ1v) is 8.22. The van der Waals surface area contributed by atoms with Gasteiger partial charge in [-0.05, 0) is 47.2 Å². The van der Waals surface area contributed by atoms with E-state index in [-0.39, 0.29) is 0 Å². The zero-order valence-electron chi connectivity index (χ0n) is 10.6. The van der Waals surface area contributed by atoms with Crippen molar-refractivity contribution in [2.75, 3.05) is 0 Å². The van der Waals surface area contributed by atoms with Crippen molar-refractivity contribution in [2.45, 2.75) is 24.5 Å². The van der Waals surface area contributed by atoms with E-state index in [0.29, 0.717) is 0 Å². The highest BCUT2D eigenvalue weighted by molar-refractivity contribution is 9.08. The lowest BCUT2D eigenvalue weighted by Crippen LogP contribution is -1.94. The third-order valence-corrected chi connectivity index (χ3v) is 4.68. The second kappa shape index (κ2) is 6.03. The Morgan fingerprint density at radius 1 is 0.722 bits per heavy atom. The van der Waals surface area contributed by atoms with Gasteiger partial charge in [-0.1, -0.05) is 68.3 Å². The van der Waals surface area contributed by atoms with Crippen LogP contribution in [0.2, 0.25) is 0 Å². The normalized spacial score (nSPS) is 10.7. The predicted octanol–water partition coefficient (Wildman–Crippen LogP) is 5.76. The molecule has 0 heterocycles. The fourth-order valence-electron chi connectivity index (χ4n) is 2.24. The summed E-state index contributed by atoms with van der Waals surface area (Å²) >= 11 is 7.11. The molecule has 0 amide bonds. The monoisotopic (exact) mass is 366 g/mol. The maximum Gasteiger partial charge on any atom is 0.0285 e. The Morgan fingerprint density at radius 2 is 1.11 bits per heavy atom. The van der Waals surface area contributed by atoms with Crippen molar-refractivity contribution >= 4 is 31.9 Å². The second-order valence-electron chi connectivity index (χ2n) is 4.45. The predicted molar refractivity (Wildman–Crippen MR) is 86.6 cm³/mol. The molecular weight excluding hydrogens is 352 g/mol. The van der Waals surface area contributed by atoms with Gasteiger partial charge in [0.05, 0.1) is 0 Å². The van der Waals surface area contributed by atoms with Gasteiger partial charge in [0.1, 0.15) is 0 Å². The minimum atomic E-state index is 0.907. The van der Waals surface area contributed by atoms with Crippen LogP contribution in [0.5, 0.6) is 0 Å². The van der Waals surface area contributed by atoms with E-state index in [1.54, 1.807) is 0 Å². The van der Waals surface area contributed by atoms with Gasteiger partial charge in [0.15, 0.2) is 0 Å². The standard InChI is InChI=1S/C16H16Br2/c1-11-13(9-17)5-3-7-15(11)16-8-4-6-14(10-18)12(16)2/h3-8H,9-10H2,1-2H3. The first kappa shape index (κ1) is 13.8. The van der Waals surface area contributed by atoms with Gasteiger partial charge < -0.3 is 0 Å². The van der Waals surface area contributed by atoms with Gasteiger partial charge in [0.2, 0.25) is 0 Å². The van der Waals surface area contributed by atoms with Gasteiger partial charge >= 0.3 is 0 Å². The molecule has 94 valence electrons. The molecule has 2 rings (SSSR count). The summed E-state index contributed by atoms with van der Waals surface area (Å²) in [5, 5.41) is 1.81. The van der Waals surface area contributed by atoms with Gasteiger partial charge in [-0.15, -0.1) is 0 Å². The van der Waals surface area contributed by atoms with Crippen LogP contribution in [0.4, 0.5) is 0 Å². The maximum atomic E-state index is 3.55. The molecule has 0 aliphatic rings. The highest BCUT2D eigenvalue weighted by Gasteiger charge is 2.09. The minimum absolute atomic E-state index is 0.907. The highest BCUT2D eigenvalue weighted by atomic mass is 79.9. The zero-order chi connectivity index (χ0) is 13.1. The van der Waals surface area contributed by atoms with E-state index < -0.39 is 0 Å². The molecule has 0 nitrogen and oxygen atoms in total. The Balaban J connectivity index is 2.62. The number of halogens is 2. The van der Waals surface area contributed by atoms with E-state index in [4.69, 9.17) is 0 Å².